The van der Waals surface area contributed by atoms with Crippen LogP contribution in [0.25, 0.3) is 0 Å². The van der Waals surface area contributed by atoms with Gasteiger partial charge < -0.3 is 163 Å². The van der Waals surface area contributed by atoms with Crippen LogP contribution in [-0.4, -0.2) is 348 Å². The van der Waals surface area contributed by atoms with Crippen LogP contribution in [0.1, 0.15) is 0 Å². The van der Waals surface area contributed by atoms with E-state index in [4.69, 9.17) is 75.8 Å². The quantitative estimate of drug-likeness (QED) is 0.105. The average molecular weight is 1100 g/mol. The lowest BCUT2D eigenvalue weighted by Gasteiger charge is -2.49. The van der Waals surface area contributed by atoms with Gasteiger partial charge in [-0.2, -0.15) is 0 Å². The van der Waals surface area contributed by atoms with Crippen molar-refractivity contribution in [2.75, 3.05) is 46.2 Å². The lowest BCUT2D eigenvalue weighted by Crippen LogP contribution is -2.67. The maximum atomic E-state index is 11.4. The van der Waals surface area contributed by atoms with Gasteiger partial charge in [0.15, 0.2) is 44.0 Å². The summed E-state index contributed by atoms with van der Waals surface area (Å²) in [5, 5.41) is 186. The smallest absolute Gasteiger partial charge is 0.187 e. The molecule has 33 heteroatoms. The van der Waals surface area contributed by atoms with Gasteiger partial charge in [-0.05, 0) is 0 Å². The highest BCUT2D eigenvalue weighted by Crippen LogP contribution is 2.45. The average Bonchev–Trinajstić information content (AvgIpc) is 4.36. The first-order valence-corrected chi connectivity index (χ1v) is 24.5. The first kappa shape index (κ1) is 56.9. The Morgan fingerprint density at radius 1 is 0.160 bits per heavy atom. The number of rotatable bonds is 7. The molecule has 432 valence electrons. The maximum absolute atomic E-state index is 11.4. The van der Waals surface area contributed by atoms with Crippen LogP contribution in [0.4, 0.5) is 0 Å². The summed E-state index contributed by atoms with van der Waals surface area (Å²) < 4.78 is 93.5. The van der Waals surface area contributed by atoms with Gasteiger partial charge in [-0.1, -0.05) is 0 Å². The molecule has 33 nitrogen and oxygen atoms in total. The molecule has 17 N–H and O–H groups in total. The highest BCUT2D eigenvalue weighted by molar-refractivity contribution is 5.06. The Bertz CT molecular complexity index is 1860. The molecule has 75 heavy (non-hydrogen) atoms. The molecule has 0 amide bonds. The van der Waals surface area contributed by atoms with E-state index in [9.17, 15) is 86.8 Å². The molecule has 0 aromatic carbocycles. The fraction of sp³-hybridized carbons (Fsp3) is 1.00. The van der Waals surface area contributed by atoms with Gasteiger partial charge >= 0.3 is 0 Å². The van der Waals surface area contributed by atoms with Gasteiger partial charge in [0.05, 0.1) is 46.2 Å². The Hall–Kier alpha value is -1.32. The van der Waals surface area contributed by atoms with Crippen molar-refractivity contribution in [2.45, 2.75) is 215 Å². The second-order valence-electron chi connectivity index (χ2n) is 19.8. The predicted octanol–water partition coefficient (Wildman–Crippen LogP) is -13.1. The Morgan fingerprint density at radius 3 is 0.547 bits per heavy atom. The third-order valence-corrected chi connectivity index (χ3v) is 15.2. The minimum Gasteiger partial charge on any atom is -0.394 e. The summed E-state index contributed by atoms with van der Waals surface area (Å²) in [4.78, 5) is 0. The highest BCUT2D eigenvalue weighted by Gasteiger charge is 2.65. The van der Waals surface area contributed by atoms with Crippen molar-refractivity contribution in [3.8, 4) is 0 Å². The molecule has 0 aliphatic carbocycles. The van der Waals surface area contributed by atoms with E-state index in [2.05, 4.69) is 0 Å². The molecule has 21 aliphatic rings. The second kappa shape index (κ2) is 23.3. The number of fused-ring (bicyclic) bond motifs is 2. The van der Waals surface area contributed by atoms with Crippen LogP contribution in [0.3, 0.4) is 0 Å². The second-order valence-corrected chi connectivity index (χ2v) is 19.8. The summed E-state index contributed by atoms with van der Waals surface area (Å²) in [5.41, 5.74) is 0. The molecular weight excluding hydrogens is 1030 g/mol. The SMILES string of the molecule is OC[C@H]1O[C@@H]2O[C@H]3[C@H](O)[C@@H](O)[C@@H](O[C@H]4[C@@H]5O[C@@H]5[C@@H](O[C@H]5[C@H](O)[C@@H](O)[C@@H](O[C@H]6[C@H](O)[C@@H](O)[C@@H](O[C@H]7[C@H]8O[C@@H]8[C@@H](O[C@H]8[C@H](O)[C@@H](O)[C@@H](O[C@H]1[C@H](O)[C@H]2O)O[C@@H]8CO)O[C@@H]7CO)O[C@@H]6CO)O[C@@H]5CO)O[C@@H]4CO)O[C@@H]3CO. The van der Waals surface area contributed by atoms with Gasteiger partial charge in [0.25, 0.3) is 0 Å². The first-order valence-electron chi connectivity index (χ1n) is 24.5. The summed E-state index contributed by atoms with van der Waals surface area (Å²) in [7, 11) is 0. The summed E-state index contributed by atoms with van der Waals surface area (Å²) in [6.45, 7) is -6.20. The molecule has 21 saturated heterocycles. The largest absolute Gasteiger partial charge is 0.394 e. The Kier molecular flexibility index (Phi) is 17.7. The number of aliphatic hydroxyl groups is 17. The van der Waals surface area contributed by atoms with Gasteiger partial charge in [-0.3, -0.25) is 0 Å². The van der Waals surface area contributed by atoms with Crippen LogP contribution in [-0.2, 0) is 75.8 Å². The van der Waals surface area contributed by atoms with Crippen molar-refractivity contribution in [3.05, 3.63) is 0 Å². The van der Waals surface area contributed by atoms with Crippen LogP contribution in [0.2, 0.25) is 0 Å². The monoisotopic (exact) mass is 1100 g/mol. The Morgan fingerprint density at radius 2 is 0.333 bits per heavy atom. The number of ether oxygens (including phenoxy) is 16. The van der Waals surface area contributed by atoms with E-state index in [1.54, 1.807) is 0 Å². The van der Waals surface area contributed by atoms with Gasteiger partial charge in [0.1, 0.15) is 171 Å². The molecule has 0 aromatic rings. The molecule has 21 fully saturated rings. The first-order chi connectivity index (χ1) is 36.0. The molecule has 21 aliphatic heterocycles. The molecule has 0 spiro atoms. The van der Waals surface area contributed by atoms with Crippen LogP contribution >= 0.6 is 0 Å². The van der Waals surface area contributed by atoms with Crippen molar-refractivity contribution in [3.63, 3.8) is 0 Å². The zero-order valence-corrected chi connectivity index (χ0v) is 39.3. The van der Waals surface area contributed by atoms with E-state index >= 15 is 0 Å². The fourth-order valence-corrected chi connectivity index (χ4v) is 10.9. The molecule has 0 aromatic heterocycles. The van der Waals surface area contributed by atoms with E-state index in [-0.39, 0.29) is 0 Å². The maximum Gasteiger partial charge on any atom is 0.187 e. The number of aliphatic hydroxyl groups excluding tert-OH is 17. The molecule has 21 heterocycles. The lowest BCUT2D eigenvalue weighted by atomic mass is 9.95. The third-order valence-electron chi connectivity index (χ3n) is 15.2. The van der Waals surface area contributed by atoms with Crippen molar-refractivity contribution < 1.29 is 163 Å². The zero-order chi connectivity index (χ0) is 53.5. The molecule has 35 atom stereocenters. The van der Waals surface area contributed by atoms with Gasteiger partial charge in [-0.25, -0.2) is 0 Å². The third kappa shape index (κ3) is 10.6. The van der Waals surface area contributed by atoms with Crippen molar-refractivity contribution in [1.29, 1.82) is 0 Å². The van der Waals surface area contributed by atoms with Crippen molar-refractivity contribution in [2.24, 2.45) is 0 Å². The zero-order valence-electron chi connectivity index (χ0n) is 39.3. The molecule has 14 bridgehead atoms. The van der Waals surface area contributed by atoms with E-state index in [0.29, 0.717) is 0 Å². The molecule has 0 unspecified atom stereocenters. The van der Waals surface area contributed by atoms with Gasteiger partial charge in [0.2, 0.25) is 0 Å². The standard InChI is InChI=1S/C42H66O33/c43-1-8-25-15(50)20(55)36(60-8)70-26-9(2-44)63-39(23(58)16(26)51)74-30-13(6-48)66-42(35-32(30)67-35)73-29-12(5-47)62-38(22(57)19(29)54)71-27-10(3-45)64-40(24(59)17(27)52)75-31-14(7-49)65-41(34-33(31)68-34)72-28-11(4-46)61-37(69-25)21(56)18(28)53/h8-59H,1-7H2/t8-,9-,10-,11-,12-,13-,14-,15-,16-,17-,18-,19-,20-,21-,22-,23-,24-,25-,26-,27-,28-,29-,30-,31-,32+,33-,34+,35+,36-,37-,38-,39-,40-,41-,42-/m1/s1. The van der Waals surface area contributed by atoms with Crippen LogP contribution in [0.15, 0.2) is 0 Å². The normalized spacial score (nSPS) is 57.3. The van der Waals surface area contributed by atoms with E-state index < -0.39 is 261 Å². The summed E-state index contributed by atoms with van der Waals surface area (Å²) in [5.74, 6) is 0. The Balaban J connectivity index is 0.908. The van der Waals surface area contributed by atoms with E-state index in [0.717, 1.165) is 0 Å². The fourth-order valence-electron chi connectivity index (χ4n) is 10.9. The summed E-state index contributed by atoms with van der Waals surface area (Å²) >= 11 is 0. The molecule has 21 rings (SSSR count). The summed E-state index contributed by atoms with van der Waals surface area (Å²) in [6.07, 6.45) is -58.2. The van der Waals surface area contributed by atoms with Gasteiger partial charge in [-0.15, -0.1) is 0 Å². The molecule has 0 radical (unpaired) electrons. The number of hydrogen-bond acceptors (Lipinski definition) is 33. The van der Waals surface area contributed by atoms with Crippen molar-refractivity contribution >= 4 is 0 Å². The topological polar surface area (TPSA) is 498 Å². The molecule has 0 saturated carbocycles. The minimum absolute atomic E-state index is 0.799. The van der Waals surface area contributed by atoms with Crippen LogP contribution < -0.4 is 0 Å². The van der Waals surface area contributed by atoms with Crippen molar-refractivity contribution in [1.82, 2.24) is 0 Å². The van der Waals surface area contributed by atoms with E-state index in [1.165, 1.54) is 0 Å². The number of epoxide rings is 2. The van der Waals surface area contributed by atoms with Gasteiger partial charge in [0, 0.05) is 0 Å². The number of hydrogen-bond donors (Lipinski definition) is 17. The lowest BCUT2D eigenvalue weighted by molar-refractivity contribution is -0.387. The minimum atomic E-state index is -2.11. The summed E-state index contributed by atoms with van der Waals surface area (Å²) in [6, 6.07) is 0. The predicted molar refractivity (Wildman–Crippen MR) is 222 cm³/mol. The van der Waals surface area contributed by atoms with Crippen LogP contribution in [0, 0.1) is 0 Å². The van der Waals surface area contributed by atoms with Crippen LogP contribution in [0.5, 0.6) is 0 Å². The highest BCUT2D eigenvalue weighted by atomic mass is 16.8. The Labute approximate surface area is 423 Å². The van der Waals surface area contributed by atoms with E-state index in [1.807, 2.05) is 0 Å². The molecular formula is C42H66O33.